The largest absolute Gasteiger partial charge is 0.496 e. The summed E-state index contributed by atoms with van der Waals surface area (Å²) in [4.78, 5) is 0.0841. The lowest BCUT2D eigenvalue weighted by molar-refractivity contribution is 0.205. The molecule has 0 saturated heterocycles. The van der Waals surface area contributed by atoms with Gasteiger partial charge in [-0.15, -0.1) is 0 Å². The van der Waals surface area contributed by atoms with E-state index in [0.717, 1.165) is 11.1 Å². The number of halogens is 2. The molecule has 1 aliphatic heterocycles. The molecule has 1 N–H and O–H groups in total. The number of fused-ring (bicyclic) bond motifs is 1. The molecule has 0 fully saturated rings. The van der Waals surface area contributed by atoms with Crippen molar-refractivity contribution in [2.45, 2.75) is 37.8 Å². The van der Waals surface area contributed by atoms with Crippen molar-refractivity contribution in [3.63, 3.8) is 0 Å². The average Bonchev–Trinajstić information content (AvgIpc) is 2.83. The SMILES string of the molecule is COc1cc(S(=O)(=O)N2c3cc(OCc4c(F)cccc4Cl)ccc3C[C@@H](CO)[C@H]2C)ccc1C. The highest BCUT2D eigenvalue weighted by atomic mass is 35.5. The third-order valence-electron chi connectivity index (χ3n) is 6.44. The van der Waals surface area contributed by atoms with Crippen LogP contribution in [0.4, 0.5) is 10.1 Å². The molecule has 2 atom stereocenters. The van der Waals surface area contributed by atoms with Gasteiger partial charge in [-0.2, -0.15) is 0 Å². The van der Waals surface area contributed by atoms with Crippen LogP contribution in [0.5, 0.6) is 11.5 Å². The van der Waals surface area contributed by atoms with Crippen LogP contribution in [0, 0.1) is 18.7 Å². The van der Waals surface area contributed by atoms with Gasteiger partial charge >= 0.3 is 0 Å². The minimum absolute atomic E-state index is 0.0841. The van der Waals surface area contributed by atoms with Gasteiger partial charge in [-0.25, -0.2) is 12.8 Å². The van der Waals surface area contributed by atoms with E-state index in [2.05, 4.69) is 0 Å². The van der Waals surface area contributed by atoms with E-state index in [4.69, 9.17) is 21.1 Å². The molecule has 3 aromatic carbocycles. The third kappa shape index (κ3) is 4.83. The first kappa shape index (κ1) is 25.3. The first-order valence-electron chi connectivity index (χ1n) is 11.2. The van der Waals surface area contributed by atoms with Gasteiger partial charge in [0.25, 0.3) is 10.0 Å². The molecule has 0 aromatic heterocycles. The van der Waals surface area contributed by atoms with E-state index >= 15 is 0 Å². The monoisotopic (exact) mass is 519 g/mol. The van der Waals surface area contributed by atoms with Crippen LogP contribution < -0.4 is 13.8 Å². The van der Waals surface area contributed by atoms with Gasteiger partial charge in [0, 0.05) is 36.3 Å². The molecule has 4 rings (SSSR count). The summed E-state index contributed by atoms with van der Waals surface area (Å²) in [5.74, 6) is 0.0777. The second-order valence-corrected chi connectivity index (χ2v) is 10.8. The molecule has 0 saturated carbocycles. The highest BCUT2D eigenvalue weighted by Gasteiger charge is 2.39. The van der Waals surface area contributed by atoms with Crippen LogP contribution in [-0.2, 0) is 23.1 Å². The van der Waals surface area contributed by atoms with E-state index in [-0.39, 0.29) is 34.6 Å². The number of aliphatic hydroxyl groups excluding tert-OH is 1. The minimum atomic E-state index is -4.01. The van der Waals surface area contributed by atoms with E-state index in [1.807, 2.05) is 6.92 Å². The Bertz CT molecular complexity index is 1330. The number of rotatable bonds is 7. The molecule has 0 bridgehead atoms. The molecular formula is C26H27ClFNO5S. The Labute approximate surface area is 209 Å². The predicted octanol–water partition coefficient (Wildman–Crippen LogP) is 5.12. The summed E-state index contributed by atoms with van der Waals surface area (Å²) in [6, 6.07) is 13.7. The molecule has 3 aromatic rings. The van der Waals surface area contributed by atoms with Crippen LogP contribution in [0.1, 0.15) is 23.6 Å². The molecule has 0 amide bonds. The van der Waals surface area contributed by atoms with E-state index in [0.29, 0.717) is 23.6 Å². The van der Waals surface area contributed by atoms with Gasteiger partial charge in [0.05, 0.1) is 22.7 Å². The molecule has 1 heterocycles. The molecule has 186 valence electrons. The molecule has 1 aliphatic rings. The first-order valence-corrected chi connectivity index (χ1v) is 13.0. The van der Waals surface area contributed by atoms with Gasteiger partial charge in [0.15, 0.2) is 0 Å². The van der Waals surface area contributed by atoms with E-state index in [9.17, 15) is 17.9 Å². The fourth-order valence-corrected chi connectivity index (χ4v) is 6.32. The fraction of sp³-hybridized carbons (Fsp3) is 0.308. The Balaban J connectivity index is 1.74. The van der Waals surface area contributed by atoms with Crippen molar-refractivity contribution in [3.05, 3.63) is 82.1 Å². The molecule has 35 heavy (non-hydrogen) atoms. The maximum absolute atomic E-state index is 14.2. The fourth-order valence-electron chi connectivity index (χ4n) is 4.34. The van der Waals surface area contributed by atoms with Crippen molar-refractivity contribution < 1.29 is 27.4 Å². The van der Waals surface area contributed by atoms with Crippen molar-refractivity contribution in [2.24, 2.45) is 5.92 Å². The van der Waals surface area contributed by atoms with Crippen molar-refractivity contribution >= 4 is 27.3 Å². The van der Waals surface area contributed by atoms with Crippen LogP contribution in [0.2, 0.25) is 5.02 Å². The zero-order chi connectivity index (χ0) is 25.3. The quantitative estimate of drug-likeness (QED) is 0.468. The summed E-state index contributed by atoms with van der Waals surface area (Å²) in [6.45, 7) is 3.34. The van der Waals surface area contributed by atoms with Crippen LogP contribution in [-0.4, -0.2) is 33.3 Å². The summed E-state index contributed by atoms with van der Waals surface area (Å²) in [7, 11) is -2.52. The van der Waals surface area contributed by atoms with E-state index in [1.165, 1.54) is 29.6 Å². The maximum atomic E-state index is 14.2. The summed E-state index contributed by atoms with van der Waals surface area (Å²) in [6.07, 6.45) is 0.510. The molecule has 6 nitrogen and oxygen atoms in total. The molecule has 9 heteroatoms. The molecular weight excluding hydrogens is 493 g/mol. The van der Waals surface area contributed by atoms with Gasteiger partial charge < -0.3 is 14.6 Å². The standard InChI is InChI=1S/C26H27ClFNO5S/c1-16-7-10-21(13-26(16)33-3)35(31,32)29-17(2)19(14-30)11-18-8-9-20(12-25(18)29)34-15-22-23(27)5-4-6-24(22)28/h4-10,12-13,17,19,30H,11,14-15H2,1-3H3/t17-,19+/m1/s1. The Morgan fingerprint density at radius 1 is 1.17 bits per heavy atom. The van der Waals surface area contributed by atoms with Gasteiger partial charge in [-0.3, -0.25) is 4.31 Å². The summed E-state index contributed by atoms with van der Waals surface area (Å²) in [5, 5.41) is 10.2. The highest BCUT2D eigenvalue weighted by Crippen LogP contribution is 2.40. The second kappa shape index (κ2) is 10.0. The number of sulfonamides is 1. The lowest BCUT2D eigenvalue weighted by Crippen LogP contribution is -2.48. The normalized spacial score (nSPS) is 17.7. The first-order chi connectivity index (χ1) is 16.7. The number of anilines is 1. The molecule has 0 radical (unpaired) electrons. The number of hydrogen-bond acceptors (Lipinski definition) is 5. The Kier molecular flexibility index (Phi) is 7.26. The second-order valence-electron chi connectivity index (χ2n) is 8.60. The number of hydrogen-bond donors (Lipinski definition) is 1. The summed E-state index contributed by atoms with van der Waals surface area (Å²) < 4.78 is 54.4. The topological polar surface area (TPSA) is 76.1 Å². The van der Waals surface area contributed by atoms with Crippen molar-refractivity contribution in [3.8, 4) is 11.5 Å². The van der Waals surface area contributed by atoms with E-state index < -0.39 is 21.9 Å². The van der Waals surface area contributed by atoms with Crippen molar-refractivity contribution in [1.29, 1.82) is 0 Å². The third-order valence-corrected chi connectivity index (χ3v) is 8.70. The number of aliphatic hydroxyl groups is 1. The van der Waals surface area contributed by atoms with Crippen molar-refractivity contribution in [2.75, 3.05) is 18.0 Å². The number of benzene rings is 3. The Morgan fingerprint density at radius 2 is 1.94 bits per heavy atom. The lowest BCUT2D eigenvalue weighted by atomic mass is 9.88. The van der Waals surface area contributed by atoms with Crippen LogP contribution in [0.3, 0.4) is 0 Å². The van der Waals surface area contributed by atoms with Gasteiger partial charge in [0.2, 0.25) is 0 Å². The van der Waals surface area contributed by atoms with Gasteiger partial charge in [0.1, 0.15) is 23.9 Å². The minimum Gasteiger partial charge on any atom is -0.496 e. The van der Waals surface area contributed by atoms with Gasteiger partial charge in [-0.05, 0) is 55.7 Å². The zero-order valence-electron chi connectivity index (χ0n) is 19.7. The lowest BCUT2D eigenvalue weighted by Gasteiger charge is -2.40. The molecule has 0 spiro atoms. The van der Waals surface area contributed by atoms with Crippen LogP contribution >= 0.6 is 11.6 Å². The summed E-state index contributed by atoms with van der Waals surface area (Å²) >= 11 is 6.11. The number of nitrogens with zero attached hydrogens (tertiary/aromatic N) is 1. The van der Waals surface area contributed by atoms with Crippen LogP contribution in [0.15, 0.2) is 59.5 Å². The highest BCUT2D eigenvalue weighted by molar-refractivity contribution is 7.92. The molecule has 0 aliphatic carbocycles. The number of methoxy groups -OCH3 is 1. The number of aryl methyl sites for hydroxylation is 1. The smallest absolute Gasteiger partial charge is 0.264 e. The van der Waals surface area contributed by atoms with E-state index in [1.54, 1.807) is 43.3 Å². The Morgan fingerprint density at radius 3 is 2.63 bits per heavy atom. The predicted molar refractivity (Wildman–Crippen MR) is 133 cm³/mol. The van der Waals surface area contributed by atoms with Gasteiger partial charge in [-0.1, -0.05) is 29.8 Å². The average molecular weight is 520 g/mol. The Hall–Kier alpha value is -2.81. The number of ether oxygens (including phenoxy) is 2. The summed E-state index contributed by atoms with van der Waals surface area (Å²) in [5.41, 5.74) is 2.26. The maximum Gasteiger partial charge on any atom is 0.264 e. The zero-order valence-corrected chi connectivity index (χ0v) is 21.2. The molecule has 0 unspecified atom stereocenters. The van der Waals surface area contributed by atoms with Crippen molar-refractivity contribution in [1.82, 2.24) is 0 Å². The van der Waals surface area contributed by atoms with Crippen LogP contribution in [0.25, 0.3) is 0 Å².